The molecule has 0 spiro atoms. The van der Waals surface area contributed by atoms with E-state index in [9.17, 15) is 0 Å². The zero-order chi connectivity index (χ0) is 32.6. The summed E-state index contributed by atoms with van der Waals surface area (Å²) in [5.41, 5.74) is 5.13. The van der Waals surface area contributed by atoms with Gasteiger partial charge in [-0.05, 0) is 53.9 Å². The molecule has 0 aliphatic heterocycles. The second-order valence-corrected chi connectivity index (χ2v) is 16.0. The van der Waals surface area contributed by atoms with Crippen molar-refractivity contribution in [1.29, 1.82) is 0 Å². The topological polar surface area (TPSA) is 51.8 Å². The number of aryl methyl sites for hydroxylation is 1. The van der Waals surface area contributed by atoms with Crippen molar-refractivity contribution < 1.29 is 31.4 Å². The van der Waals surface area contributed by atoms with Crippen molar-refractivity contribution >= 4 is 35.3 Å². The van der Waals surface area contributed by atoms with Crippen LogP contribution in [0.3, 0.4) is 0 Å². The van der Waals surface area contributed by atoms with Crippen LogP contribution in [0.1, 0.15) is 32.0 Å². The van der Waals surface area contributed by atoms with Crippen molar-refractivity contribution in [3.8, 4) is 22.5 Å². The second-order valence-electron chi connectivity index (χ2n) is 10.9. The van der Waals surface area contributed by atoms with Gasteiger partial charge in [0.25, 0.3) is 0 Å². The van der Waals surface area contributed by atoms with Crippen LogP contribution in [0.4, 0.5) is 0 Å². The summed E-state index contributed by atoms with van der Waals surface area (Å²) < 4.78 is 45.1. The number of rotatable bonds is 5. The summed E-state index contributed by atoms with van der Waals surface area (Å²) in [6.07, 6.45) is 2.25. The van der Waals surface area contributed by atoms with Crippen LogP contribution in [0.15, 0.2) is 89.6 Å². The zero-order valence-electron chi connectivity index (χ0n) is 28.7. The van der Waals surface area contributed by atoms with Crippen LogP contribution in [0, 0.1) is 24.9 Å². The van der Waals surface area contributed by atoms with E-state index in [2.05, 4.69) is 46.7 Å². The van der Waals surface area contributed by atoms with Gasteiger partial charge in [-0.1, -0.05) is 62.6 Å². The Labute approximate surface area is 264 Å². The van der Waals surface area contributed by atoms with Gasteiger partial charge in [0, 0.05) is 50.4 Å². The third-order valence-electron chi connectivity index (χ3n) is 6.35. The molecule has 1 radical (unpaired) electrons. The summed E-state index contributed by atoms with van der Waals surface area (Å²) in [6, 6.07) is 28.5. The zero-order valence-corrected chi connectivity index (χ0v) is 27.1. The van der Waals surface area contributed by atoms with E-state index in [0.717, 1.165) is 44.0 Å². The number of furan rings is 1. The molecule has 0 aliphatic rings. The fourth-order valence-corrected chi connectivity index (χ4v) is 5.86. The van der Waals surface area contributed by atoms with Gasteiger partial charge in [0.15, 0.2) is 0 Å². The van der Waals surface area contributed by atoms with Gasteiger partial charge in [0.05, 0.1) is 13.7 Å². The molecule has 4 nitrogen and oxygen atoms in total. The number of fused-ring (bicyclic) bond motifs is 3. The first-order valence-electron chi connectivity index (χ1n) is 15.8. The molecule has 6 aromatic rings. The van der Waals surface area contributed by atoms with Gasteiger partial charge in [-0.2, -0.15) is 0 Å². The van der Waals surface area contributed by atoms with Crippen LogP contribution in [0.5, 0.6) is 0 Å². The number of nitrogens with zero attached hydrogens (tertiary/aromatic N) is 3. The molecule has 2 aromatic carbocycles. The third kappa shape index (κ3) is 7.26. The smallest absolute Gasteiger partial charge is 0.216 e. The van der Waals surface area contributed by atoms with Crippen molar-refractivity contribution in [1.82, 2.24) is 15.0 Å². The molecule has 0 fully saturated rings. The molecule has 0 bridgehead atoms. The molecule has 0 amide bonds. The summed E-state index contributed by atoms with van der Waals surface area (Å²) in [6.45, 7) is 8.32. The summed E-state index contributed by atoms with van der Waals surface area (Å²) >= 11 is 0. The molecule has 4 heterocycles. The summed E-state index contributed by atoms with van der Waals surface area (Å²) in [4.78, 5) is 13.0. The van der Waals surface area contributed by atoms with Gasteiger partial charge >= 0.3 is 0 Å². The van der Waals surface area contributed by atoms with Crippen molar-refractivity contribution in [2.75, 3.05) is 0 Å². The summed E-state index contributed by atoms with van der Waals surface area (Å²) in [7, 11) is -1.67. The predicted molar refractivity (Wildman–Crippen MR) is 168 cm³/mol. The Kier molecular flexibility index (Phi) is 7.69. The van der Waals surface area contributed by atoms with Crippen molar-refractivity contribution in [3.05, 3.63) is 109 Å². The minimum Gasteiger partial charge on any atom is -0.486 e. The van der Waals surface area contributed by atoms with Crippen molar-refractivity contribution in [2.45, 2.75) is 46.7 Å². The van der Waals surface area contributed by atoms with E-state index in [1.165, 1.54) is 6.07 Å². The quantitative estimate of drug-likeness (QED) is 0.132. The molecule has 0 unspecified atom stereocenters. The SMILES string of the molecule is [2H]C([2H])([2H])c1ccc2c(n1)oc1c[c-]c(-c3ccccn3)cc12.[2H]C([2H])(c1cc(-c2[c-]cccc2)ncc1[Si](C)(C)C)C(C)C.[Ir]. The normalized spacial score (nSPS) is 13.8. The van der Waals surface area contributed by atoms with E-state index in [1.54, 1.807) is 18.3 Å². The predicted octanol–water partition coefficient (Wildman–Crippen LogP) is 8.44. The molecule has 211 valence electrons. The second kappa shape index (κ2) is 13.0. The van der Waals surface area contributed by atoms with Gasteiger partial charge in [-0.25, -0.2) is 4.98 Å². The van der Waals surface area contributed by atoms with E-state index < -0.39 is 21.3 Å². The molecule has 0 saturated heterocycles. The Hall–Kier alpha value is -3.44. The number of pyridine rings is 3. The first-order valence-corrected chi connectivity index (χ1v) is 16.8. The van der Waals surface area contributed by atoms with Gasteiger partial charge in [0.1, 0.15) is 0 Å². The van der Waals surface area contributed by atoms with E-state index in [1.807, 2.05) is 74.6 Å². The minimum atomic E-state index is -2.25. The maximum absolute atomic E-state index is 8.55. The Morgan fingerprint density at radius 1 is 0.927 bits per heavy atom. The number of aromatic nitrogens is 3. The number of hydrogen-bond acceptors (Lipinski definition) is 4. The van der Waals surface area contributed by atoms with E-state index in [0.29, 0.717) is 11.3 Å². The first-order chi connectivity index (χ1) is 21.2. The Balaban J connectivity index is 0.000000205. The van der Waals surface area contributed by atoms with E-state index >= 15 is 0 Å². The van der Waals surface area contributed by atoms with Gasteiger partial charge < -0.3 is 14.4 Å². The van der Waals surface area contributed by atoms with Crippen LogP contribution in [0.2, 0.25) is 19.6 Å². The fourth-order valence-electron chi connectivity index (χ4n) is 4.45. The van der Waals surface area contributed by atoms with Crippen LogP contribution in [-0.4, -0.2) is 23.0 Å². The van der Waals surface area contributed by atoms with Crippen LogP contribution < -0.4 is 5.19 Å². The summed E-state index contributed by atoms with van der Waals surface area (Å²) in [5, 5.41) is 2.74. The van der Waals surface area contributed by atoms with Crippen LogP contribution in [0.25, 0.3) is 44.6 Å². The molecule has 6 rings (SSSR count). The fraction of sp³-hybridized carbons (Fsp3) is 0.229. The molecule has 0 atom stereocenters. The van der Waals surface area contributed by atoms with E-state index in [-0.39, 0.29) is 31.7 Å². The van der Waals surface area contributed by atoms with Gasteiger partial charge in [-0.15, -0.1) is 59.7 Å². The van der Waals surface area contributed by atoms with E-state index in [4.69, 9.17) is 11.3 Å². The average Bonchev–Trinajstić information content (AvgIpc) is 3.38. The molecular formula is C35H35IrN3OSi-2. The van der Waals surface area contributed by atoms with Crippen molar-refractivity contribution in [2.24, 2.45) is 5.92 Å². The monoisotopic (exact) mass is 739 g/mol. The average molecular weight is 739 g/mol. The van der Waals surface area contributed by atoms with Crippen LogP contribution >= 0.6 is 0 Å². The van der Waals surface area contributed by atoms with Gasteiger partial charge in [0.2, 0.25) is 5.71 Å². The molecule has 0 N–H and O–H groups in total. The molecule has 41 heavy (non-hydrogen) atoms. The Morgan fingerprint density at radius 3 is 2.44 bits per heavy atom. The molecule has 4 aromatic heterocycles. The Bertz CT molecular complexity index is 1940. The number of benzene rings is 2. The third-order valence-corrected chi connectivity index (χ3v) is 8.37. The minimum absolute atomic E-state index is 0. The first kappa shape index (κ1) is 24.2. The Morgan fingerprint density at radius 2 is 1.76 bits per heavy atom. The maximum Gasteiger partial charge on any atom is 0.216 e. The van der Waals surface area contributed by atoms with Gasteiger partial charge in [-0.3, -0.25) is 0 Å². The molecular weight excluding hydrogens is 699 g/mol. The maximum atomic E-state index is 8.55. The molecule has 6 heteroatoms. The summed E-state index contributed by atoms with van der Waals surface area (Å²) in [5.74, 6) is -0.0856. The molecule has 0 saturated carbocycles. The van der Waals surface area contributed by atoms with Crippen LogP contribution in [-0.2, 0) is 26.5 Å². The largest absolute Gasteiger partial charge is 0.486 e. The van der Waals surface area contributed by atoms with Crippen molar-refractivity contribution in [3.63, 3.8) is 0 Å². The standard InChI is InChI=1S/C18H24NSi.C17H11N2O.Ir/c1-14(2)11-16-12-17(15-9-7-6-8-10-15)19-13-18(16)20(3,4)5;1-11-5-7-13-14-10-12(15-4-2-3-9-18-15)6-8-16(14)20-17(13)19-11;/h6-9,12-14H,11H2,1-5H3;2-5,7-10H,1H3;/q2*-1;/i11D2;1D3;. The number of hydrogen-bond donors (Lipinski definition) is 0. The molecule has 0 aliphatic carbocycles.